The standard InChI is InChI=1S/C14H18Br2O2/c1-3-5-6-10(4-2)14(17)18-13-8-7-11(15)9-12(13)16/h7-10H,3-6H2,1-2H3/t10-/m1/s1. The van der Waals surface area contributed by atoms with Gasteiger partial charge in [-0.1, -0.05) is 42.6 Å². The van der Waals surface area contributed by atoms with E-state index in [1.807, 2.05) is 19.1 Å². The zero-order valence-electron chi connectivity index (χ0n) is 10.7. The zero-order chi connectivity index (χ0) is 13.5. The lowest BCUT2D eigenvalue weighted by molar-refractivity contribution is -0.139. The SMILES string of the molecule is CCCC[C@@H](CC)C(=O)Oc1ccc(Br)cc1Br. The fourth-order valence-corrected chi connectivity index (χ4v) is 2.82. The van der Waals surface area contributed by atoms with Gasteiger partial charge < -0.3 is 4.74 Å². The molecule has 1 aromatic carbocycles. The second kappa shape index (κ2) is 7.95. The predicted octanol–water partition coefficient (Wildman–Crippen LogP) is 5.33. The van der Waals surface area contributed by atoms with Crippen molar-refractivity contribution < 1.29 is 9.53 Å². The molecule has 0 heterocycles. The number of rotatable bonds is 6. The van der Waals surface area contributed by atoms with Gasteiger partial charge >= 0.3 is 5.97 Å². The first-order valence-electron chi connectivity index (χ1n) is 6.25. The van der Waals surface area contributed by atoms with Gasteiger partial charge in [-0.15, -0.1) is 0 Å². The molecule has 0 aliphatic heterocycles. The van der Waals surface area contributed by atoms with Crippen LogP contribution in [-0.4, -0.2) is 5.97 Å². The summed E-state index contributed by atoms with van der Waals surface area (Å²) in [7, 11) is 0. The summed E-state index contributed by atoms with van der Waals surface area (Å²) in [5, 5.41) is 0. The van der Waals surface area contributed by atoms with Crippen LogP contribution in [0.5, 0.6) is 5.75 Å². The molecular formula is C14H18Br2O2. The van der Waals surface area contributed by atoms with Crippen molar-refractivity contribution in [3.63, 3.8) is 0 Å². The van der Waals surface area contributed by atoms with Crippen molar-refractivity contribution in [2.45, 2.75) is 39.5 Å². The van der Waals surface area contributed by atoms with Crippen LogP contribution < -0.4 is 4.74 Å². The minimum atomic E-state index is -0.131. The van der Waals surface area contributed by atoms with Gasteiger partial charge in [0.25, 0.3) is 0 Å². The maximum atomic E-state index is 12.0. The lowest BCUT2D eigenvalue weighted by Crippen LogP contribution is -2.20. The van der Waals surface area contributed by atoms with Crippen molar-refractivity contribution in [1.29, 1.82) is 0 Å². The fourth-order valence-electron chi connectivity index (χ4n) is 1.69. The van der Waals surface area contributed by atoms with Crippen LogP contribution in [0.3, 0.4) is 0 Å². The van der Waals surface area contributed by atoms with Crippen LogP contribution >= 0.6 is 31.9 Å². The van der Waals surface area contributed by atoms with E-state index in [-0.39, 0.29) is 11.9 Å². The first-order chi connectivity index (χ1) is 8.58. The highest BCUT2D eigenvalue weighted by atomic mass is 79.9. The summed E-state index contributed by atoms with van der Waals surface area (Å²) in [6.45, 7) is 4.15. The third kappa shape index (κ3) is 4.73. The minimum Gasteiger partial charge on any atom is -0.425 e. The molecule has 0 saturated carbocycles. The van der Waals surface area contributed by atoms with E-state index in [4.69, 9.17) is 4.74 Å². The number of halogens is 2. The third-order valence-electron chi connectivity index (χ3n) is 2.84. The fraction of sp³-hybridized carbons (Fsp3) is 0.500. The summed E-state index contributed by atoms with van der Waals surface area (Å²) in [5.74, 6) is 0.451. The topological polar surface area (TPSA) is 26.3 Å². The van der Waals surface area contributed by atoms with Crippen molar-refractivity contribution in [2.75, 3.05) is 0 Å². The summed E-state index contributed by atoms with van der Waals surface area (Å²) >= 11 is 6.76. The predicted molar refractivity (Wildman–Crippen MR) is 80.8 cm³/mol. The average molecular weight is 378 g/mol. The normalized spacial score (nSPS) is 12.2. The number of carbonyl (C=O) groups excluding carboxylic acids is 1. The van der Waals surface area contributed by atoms with Gasteiger partial charge in [-0.25, -0.2) is 0 Å². The van der Waals surface area contributed by atoms with E-state index >= 15 is 0 Å². The van der Waals surface area contributed by atoms with E-state index in [0.717, 1.165) is 34.6 Å². The van der Waals surface area contributed by atoms with E-state index in [9.17, 15) is 4.79 Å². The van der Waals surface area contributed by atoms with Gasteiger partial charge in [0.1, 0.15) is 5.75 Å². The molecule has 0 aromatic heterocycles. The molecule has 1 rings (SSSR count). The summed E-state index contributed by atoms with van der Waals surface area (Å²) in [4.78, 5) is 12.0. The van der Waals surface area contributed by atoms with Gasteiger partial charge in [-0.2, -0.15) is 0 Å². The van der Waals surface area contributed by atoms with Crippen LogP contribution in [0.2, 0.25) is 0 Å². The molecule has 0 saturated heterocycles. The Kier molecular flexibility index (Phi) is 6.94. The second-order valence-corrected chi connectivity index (χ2v) is 6.01. The Morgan fingerprint density at radius 2 is 2.06 bits per heavy atom. The first kappa shape index (κ1) is 15.7. The highest BCUT2D eigenvalue weighted by molar-refractivity contribution is 9.11. The summed E-state index contributed by atoms with van der Waals surface area (Å²) in [6.07, 6.45) is 3.90. The van der Waals surface area contributed by atoms with E-state index < -0.39 is 0 Å². The molecular weight excluding hydrogens is 360 g/mol. The molecule has 0 aliphatic carbocycles. The van der Waals surface area contributed by atoms with Gasteiger partial charge in [0.15, 0.2) is 0 Å². The van der Waals surface area contributed by atoms with Crippen LogP contribution in [0.25, 0.3) is 0 Å². The Morgan fingerprint density at radius 1 is 1.33 bits per heavy atom. The monoisotopic (exact) mass is 376 g/mol. The van der Waals surface area contributed by atoms with Crippen LogP contribution in [0.4, 0.5) is 0 Å². The Bertz CT molecular complexity index is 405. The maximum Gasteiger partial charge on any atom is 0.314 e. The Balaban J connectivity index is 2.67. The molecule has 0 unspecified atom stereocenters. The summed E-state index contributed by atoms with van der Waals surface area (Å²) in [6, 6.07) is 5.52. The molecule has 1 aromatic rings. The van der Waals surface area contributed by atoms with Gasteiger partial charge in [0.2, 0.25) is 0 Å². The smallest absolute Gasteiger partial charge is 0.314 e. The van der Waals surface area contributed by atoms with Crippen LogP contribution in [0.15, 0.2) is 27.1 Å². The molecule has 0 fully saturated rings. The van der Waals surface area contributed by atoms with E-state index in [0.29, 0.717) is 5.75 Å². The molecule has 0 bridgehead atoms. The number of ether oxygens (including phenoxy) is 1. The van der Waals surface area contributed by atoms with Crippen LogP contribution in [-0.2, 0) is 4.79 Å². The number of benzene rings is 1. The molecule has 18 heavy (non-hydrogen) atoms. The van der Waals surface area contributed by atoms with Crippen LogP contribution in [0.1, 0.15) is 39.5 Å². The molecule has 100 valence electrons. The Morgan fingerprint density at radius 3 is 2.61 bits per heavy atom. The Labute approximate surface area is 125 Å². The number of unbranched alkanes of at least 4 members (excludes halogenated alkanes) is 1. The van der Waals surface area contributed by atoms with Crippen molar-refractivity contribution in [2.24, 2.45) is 5.92 Å². The molecule has 0 amide bonds. The van der Waals surface area contributed by atoms with Gasteiger partial charge in [-0.05, 0) is 47.0 Å². The molecule has 0 N–H and O–H groups in total. The number of esters is 1. The van der Waals surface area contributed by atoms with Gasteiger partial charge in [-0.3, -0.25) is 4.79 Å². The zero-order valence-corrected chi connectivity index (χ0v) is 13.9. The number of hydrogen-bond donors (Lipinski definition) is 0. The van der Waals surface area contributed by atoms with Crippen molar-refractivity contribution in [1.82, 2.24) is 0 Å². The largest absolute Gasteiger partial charge is 0.425 e. The molecule has 2 nitrogen and oxygen atoms in total. The minimum absolute atomic E-state index is 0.000460. The Hall–Kier alpha value is -0.350. The molecule has 4 heteroatoms. The highest BCUT2D eigenvalue weighted by Crippen LogP contribution is 2.29. The highest BCUT2D eigenvalue weighted by Gasteiger charge is 2.19. The van der Waals surface area contributed by atoms with E-state index in [1.165, 1.54) is 0 Å². The van der Waals surface area contributed by atoms with Crippen molar-refractivity contribution >= 4 is 37.8 Å². The van der Waals surface area contributed by atoms with Gasteiger partial charge in [0.05, 0.1) is 10.4 Å². The maximum absolute atomic E-state index is 12.0. The molecule has 1 atom stereocenters. The van der Waals surface area contributed by atoms with E-state index in [1.54, 1.807) is 6.07 Å². The first-order valence-corrected chi connectivity index (χ1v) is 7.83. The van der Waals surface area contributed by atoms with Crippen molar-refractivity contribution in [3.8, 4) is 5.75 Å². The van der Waals surface area contributed by atoms with E-state index in [2.05, 4.69) is 38.8 Å². The number of hydrogen-bond acceptors (Lipinski definition) is 2. The van der Waals surface area contributed by atoms with Crippen molar-refractivity contribution in [3.05, 3.63) is 27.1 Å². The third-order valence-corrected chi connectivity index (χ3v) is 3.95. The quantitative estimate of drug-likeness (QED) is 0.494. The molecule has 0 radical (unpaired) electrons. The molecule has 0 aliphatic rings. The lowest BCUT2D eigenvalue weighted by Gasteiger charge is -2.14. The number of carbonyl (C=O) groups is 1. The average Bonchev–Trinajstić information content (AvgIpc) is 2.34. The summed E-state index contributed by atoms with van der Waals surface area (Å²) in [5.41, 5.74) is 0. The summed E-state index contributed by atoms with van der Waals surface area (Å²) < 4.78 is 7.18. The molecule has 0 spiro atoms. The van der Waals surface area contributed by atoms with Gasteiger partial charge in [0, 0.05) is 4.47 Å². The van der Waals surface area contributed by atoms with Crippen LogP contribution in [0, 0.1) is 5.92 Å². The second-order valence-electron chi connectivity index (χ2n) is 4.24. The lowest BCUT2D eigenvalue weighted by atomic mass is 10.00.